The first-order valence-electron chi connectivity index (χ1n) is 20.1. The van der Waals surface area contributed by atoms with E-state index in [9.17, 15) is 46.7 Å². The molecule has 5 aromatic rings. The smallest absolute Gasteiger partial charge is 0.304 e. The number of nitriles is 2. The molecule has 0 saturated heterocycles. The van der Waals surface area contributed by atoms with Crippen molar-refractivity contribution in [3.8, 4) is 23.6 Å². The Hall–Kier alpha value is -6.63. The zero-order chi connectivity index (χ0) is 49.1. The van der Waals surface area contributed by atoms with E-state index in [1.54, 1.807) is 24.3 Å². The number of nitrogens with one attached hydrogen (secondary N) is 2. The Morgan fingerprint density at radius 3 is 1.33 bits per heavy atom. The van der Waals surface area contributed by atoms with Crippen LogP contribution in [0.25, 0.3) is 0 Å². The van der Waals surface area contributed by atoms with Crippen LogP contribution >= 0.6 is 22.7 Å². The van der Waals surface area contributed by atoms with Crippen LogP contribution in [0.2, 0.25) is 0 Å². The molecule has 0 radical (unpaired) electrons. The van der Waals surface area contributed by atoms with Crippen molar-refractivity contribution in [1.82, 2.24) is 15.0 Å². The van der Waals surface area contributed by atoms with Gasteiger partial charge in [-0.2, -0.15) is 42.3 Å². The molecule has 356 valence electrons. The van der Waals surface area contributed by atoms with E-state index in [0.29, 0.717) is 71.7 Å². The van der Waals surface area contributed by atoms with Crippen LogP contribution in [0.15, 0.2) is 65.3 Å². The predicted octanol–water partition coefficient (Wildman–Crippen LogP) is 7.05. The van der Waals surface area contributed by atoms with Crippen molar-refractivity contribution in [2.45, 2.75) is 36.1 Å². The quantitative estimate of drug-likeness (QED) is 0.0282. The normalized spacial score (nSPS) is 11.7. The van der Waals surface area contributed by atoms with Crippen LogP contribution in [0.4, 0.5) is 62.0 Å². The van der Waals surface area contributed by atoms with Crippen molar-refractivity contribution < 1.29 is 45.6 Å². The molecule has 24 nitrogen and oxygen atoms in total. The fraction of sp³-hybridized carbons (Fsp3) is 0.359. The molecule has 28 heteroatoms. The van der Waals surface area contributed by atoms with Crippen LogP contribution < -0.4 is 34.8 Å². The van der Waals surface area contributed by atoms with Gasteiger partial charge in [-0.25, -0.2) is 0 Å². The second-order valence-electron chi connectivity index (χ2n) is 13.5. The van der Waals surface area contributed by atoms with Crippen LogP contribution in [0.3, 0.4) is 0 Å². The summed E-state index contributed by atoms with van der Waals surface area (Å²) >= 11 is 1.07. The summed E-state index contributed by atoms with van der Waals surface area (Å²) in [7, 11) is -6.39. The third-order valence-corrected chi connectivity index (χ3v) is 14.2. The van der Waals surface area contributed by atoms with Crippen molar-refractivity contribution in [2.24, 2.45) is 20.5 Å². The first-order valence-corrected chi connectivity index (χ1v) is 24.6. The molecule has 0 atom stereocenters. The zero-order valence-corrected chi connectivity index (χ0v) is 40.1. The molecule has 3 aromatic heterocycles. The van der Waals surface area contributed by atoms with Gasteiger partial charge in [-0.15, -0.1) is 20.5 Å². The lowest BCUT2D eigenvalue weighted by Crippen LogP contribution is -2.31. The largest absolute Gasteiger partial charge is 0.494 e. The van der Waals surface area contributed by atoms with Gasteiger partial charge in [-0.05, 0) is 52.0 Å². The number of nitrogens with zero attached hydrogens (tertiary/aromatic N) is 12. The Kier molecular flexibility index (Phi) is 17.4. The molecule has 0 fully saturated rings. The average molecular weight is 999 g/mol. The van der Waals surface area contributed by atoms with Gasteiger partial charge in [-0.3, -0.25) is 9.11 Å². The maximum atomic E-state index is 11.9. The molecule has 0 amide bonds. The Morgan fingerprint density at radius 1 is 0.627 bits per heavy atom. The maximum Gasteiger partial charge on any atom is 0.304 e. The van der Waals surface area contributed by atoms with Crippen molar-refractivity contribution in [2.75, 3.05) is 92.0 Å². The number of rotatable bonds is 23. The van der Waals surface area contributed by atoms with E-state index in [1.807, 2.05) is 49.6 Å². The van der Waals surface area contributed by atoms with Crippen molar-refractivity contribution in [3.63, 3.8) is 0 Å². The minimum absolute atomic E-state index is 0.00520. The van der Waals surface area contributed by atoms with Gasteiger partial charge >= 0.3 is 20.2 Å². The van der Waals surface area contributed by atoms with Gasteiger partial charge in [0.1, 0.15) is 43.4 Å². The highest BCUT2D eigenvalue weighted by atomic mass is 32.3. The number of benzene rings is 2. The number of aliphatic hydroxyl groups excluding tert-OH is 2. The van der Waals surface area contributed by atoms with E-state index in [2.05, 4.69) is 46.0 Å². The lowest BCUT2D eigenvalue weighted by molar-refractivity contribution is 0.280. The van der Waals surface area contributed by atoms with Gasteiger partial charge in [0, 0.05) is 51.4 Å². The van der Waals surface area contributed by atoms with E-state index in [-0.39, 0.29) is 88.0 Å². The number of aliphatic hydroxyl groups is 2. The second kappa shape index (κ2) is 22.7. The van der Waals surface area contributed by atoms with Crippen molar-refractivity contribution >= 4 is 105 Å². The number of thiophene rings is 2. The molecule has 0 aliphatic carbocycles. The van der Waals surface area contributed by atoms with Gasteiger partial charge in [0.25, 0.3) is 0 Å². The fourth-order valence-electron chi connectivity index (χ4n) is 6.32. The van der Waals surface area contributed by atoms with Crippen LogP contribution in [0, 0.1) is 22.7 Å². The molecular formula is C39H46N14O10S4. The highest BCUT2D eigenvalue weighted by Crippen LogP contribution is 2.44. The predicted molar refractivity (Wildman–Crippen MR) is 252 cm³/mol. The topological polar surface area (TPSA) is 337 Å². The summed E-state index contributed by atoms with van der Waals surface area (Å²) in [6.45, 7) is 9.35. The first-order chi connectivity index (χ1) is 32.0. The second-order valence-corrected chi connectivity index (χ2v) is 18.9. The Morgan fingerprint density at radius 2 is 1.01 bits per heavy atom. The summed E-state index contributed by atoms with van der Waals surface area (Å²) in [5, 5.41) is 62.6. The van der Waals surface area contributed by atoms with E-state index in [4.69, 9.17) is 9.47 Å². The van der Waals surface area contributed by atoms with Crippen molar-refractivity contribution in [1.29, 1.82) is 10.5 Å². The summed E-state index contributed by atoms with van der Waals surface area (Å²) in [6, 6.07) is 12.2. The van der Waals surface area contributed by atoms with E-state index in [0.717, 1.165) is 12.1 Å². The van der Waals surface area contributed by atoms with Crippen molar-refractivity contribution in [3.05, 3.63) is 47.5 Å². The van der Waals surface area contributed by atoms with Gasteiger partial charge in [0.15, 0.2) is 10.0 Å². The van der Waals surface area contributed by atoms with E-state index in [1.165, 1.54) is 19.1 Å². The zero-order valence-electron chi connectivity index (χ0n) is 36.9. The van der Waals surface area contributed by atoms with Crippen LogP contribution in [0.5, 0.6) is 11.5 Å². The van der Waals surface area contributed by atoms with Crippen LogP contribution in [-0.2, 0) is 20.2 Å². The summed E-state index contributed by atoms with van der Waals surface area (Å²) < 4.78 is 77.3. The lowest BCUT2D eigenvalue weighted by atomic mass is 10.2. The number of hydrogen-bond acceptors (Lipinski definition) is 24. The van der Waals surface area contributed by atoms with Gasteiger partial charge in [-0.1, -0.05) is 22.7 Å². The van der Waals surface area contributed by atoms with Gasteiger partial charge < -0.3 is 45.0 Å². The van der Waals surface area contributed by atoms with Gasteiger partial charge in [0.05, 0.1) is 61.3 Å². The Bertz CT molecular complexity index is 2750. The first kappa shape index (κ1) is 51.4. The Labute approximate surface area is 394 Å². The lowest BCUT2D eigenvalue weighted by Gasteiger charge is -2.25. The number of hydrogen-bond donors (Lipinski definition) is 6. The number of azo groups is 2. The van der Waals surface area contributed by atoms with E-state index >= 15 is 0 Å². The molecule has 0 aliphatic heterocycles. The molecule has 3 heterocycles. The molecule has 0 bridgehead atoms. The summed E-state index contributed by atoms with van der Waals surface area (Å²) in [6.07, 6.45) is 0. The Balaban J connectivity index is 1.73. The number of anilines is 7. The van der Waals surface area contributed by atoms with Gasteiger partial charge in [0.2, 0.25) is 17.8 Å². The number of aromatic nitrogens is 3. The maximum absolute atomic E-state index is 11.9. The summed E-state index contributed by atoms with van der Waals surface area (Å²) in [4.78, 5) is 19.4. The monoisotopic (exact) mass is 998 g/mol. The molecule has 0 saturated carbocycles. The summed E-state index contributed by atoms with van der Waals surface area (Å²) in [5.74, 6) is 0.563. The highest BCUT2D eigenvalue weighted by molar-refractivity contribution is 7.88. The number of methoxy groups -OCH3 is 2. The minimum Gasteiger partial charge on any atom is -0.494 e. The third kappa shape index (κ3) is 12.4. The molecule has 0 aliphatic rings. The molecule has 0 spiro atoms. The fourth-order valence-corrected chi connectivity index (χ4v) is 9.50. The SMILES string of the molecule is CCN(CC)c1cc(Nc2nc(Nc3cc(N(CC)CC)c(OC)cc3/N=N/c3sc(S(=O)(=O)O)cc3C#N)nc(N(CCO)CCO)n2)c(/N=N/c2sc(S(=O)(=O)O)cc2C#N)cc1OC. The molecule has 5 rings (SSSR count). The van der Waals surface area contributed by atoms with Crippen LogP contribution in [-0.4, -0.2) is 118 Å². The molecule has 0 unspecified atom stereocenters. The van der Waals surface area contributed by atoms with E-state index < -0.39 is 28.7 Å². The summed E-state index contributed by atoms with van der Waals surface area (Å²) in [5.41, 5.74) is 1.65. The molecule has 6 N–H and O–H groups in total. The number of ether oxygens (including phenoxy) is 2. The molecule has 2 aromatic carbocycles. The molecule has 67 heavy (non-hydrogen) atoms. The highest BCUT2D eigenvalue weighted by Gasteiger charge is 2.23. The molecular weight excluding hydrogens is 953 g/mol. The van der Waals surface area contributed by atoms with Crippen LogP contribution in [0.1, 0.15) is 38.8 Å². The average Bonchev–Trinajstić information content (AvgIpc) is 3.94. The standard InChI is InChI=1S/C39H46N14O10S4/c1-7-51(8-2)29-17-25(27(19-31(29)62-5)47-49-35-23(21-40)15-33(64-35)66(56,57)58)42-37-44-38(46-39(45-37)53(11-13-54)12-14-55)43-26-18-30(52(9-3)10-4)32(63-6)20-28(26)48-50-36-24(22-41)16-34(65-36)67(59,60)61/h15-20,54-55H,7-14H2,1-6H3,(H,56,57,58)(H,59,60,61)(H2,42,43,44,45,46)/b49-47+,50-48+. The minimum atomic E-state index is -4.66. The third-order valence-electron chi connectivity index (χ3n) is 9.57.